The molecule has 0 radical (unpaired) electrons. The minimum atomic E-state index is -0.822. The van der Waals surface area contributed by atoms with Crippen molar-refractivity contribution in [2.24, 2.45) is 20.0 Å². The third-order valence-corrected chi connectivity index (χ3v) is 4.76. The molecule has 0 unspecified atom stereocenters. The largest absolute Gasteiger partial charge is 0.384 e. The molecule has 2 heterocycles. The summed E-state index contributed by atoms with van der Waals surface area (Å²) in [5, 5.41) is 9.54. The summed E-state index contributed by atoms with van der Waals surface area (Å²) in [6.07, 6.45) is 1.46. The number of ketones is 1. The number of carbonyl (C=O) groups excluding carboxylic acids is 1. The highest BCUT2D eigenvalue weighted by Crippen LogP contribution is 2.21. The Labute approximate surface area is 163 Å². The van der Waals surface area contributed by atoms with E-state index in [0.717, 1.165) is 32.6 Å². The molecule has 28 heavy (non-hydrogen) atoms. The van der Waals surface area contributed by atoms with Crippen LogP contribution in [0.2, 0.25) is 0 Å². The van der Waals surface area contributed by atoms with Crippen molar-refractivity contribution >= 4 is 17.7 Å². The zero-order valence-electron chi connectivity index (χ0n) is 17.0. The monoisotopic (exact) mass is 383 g/mol. The normalized spacial score (nSPS) is 11.7. The molecule has 0 bridgehead atoms. The van der Waals surface area contributed by atoms with Crippen LogP contribution in [-0.2, 0) is 20.6 Å². The topological polar surface area (TPSA) is 116 Å². The van der Waals surface area contributed by atoms with Gasteiger partial charge in [-0.1, -0.05) is 13.8 Å². The molecule has 0 aliphatic carbocycles. The van der Waals surface area contributed by atoms with Crippen molar-refractivity contribution in [2.75, 3.05) is 5.73 Å². The van der Waals surface area contributed by atoms with E-state index in [4.69, 9.17) is 5.73 Å². The first-order valence-corrected chi connectivity index (χ1v) is 8.89. The van der Waals surface area contributed by atoms with Gasteiger partial charge in [-0.05, 0) is 37.5 Å². The van der Waals surface area contributed by atoms with E-state index < -0.39 is 17.0 Å². The predicted octanol–water partition coefficient (Wildman–Crippen LogP) is 1.53. The number of Topliss-reactive ketones (excluding diaryl/α,β-unsaturated/α-hetero) is 1. The number of hydrogen-bond donors (Lipinski definition) is 1. The zero-order valence-corrected chi connectivity index (χ0v) is 17.0. The highest BCUT2D eigenvalue weighted by Gasteiger charge is 2.24. The van der Waals surface area contributed by atoms with Crippen molar-refractivity contribution in [1.82, 2.24) is 13.7 Å². The summed E-state index contributed by atoms with van der Waals surface area (Å²) >= 11 is 0. The highest BCUT2D eigenvalue weighted by molar-refractivity contribution is 6.16. The maximum atomic E-state index is 12.9. The van der Waals surface area contributed by atoms with E-state index in [1.54, 1.807) is 0 Å². The van der Waals surface area contributed by atoms with Crippen LogP contribution in [0.4, 0.5) is 5.82 Å². The van der Waals surface area contributed by atoms with Crippen LogP contribution in [0.25, 0.3) is 6.08 Å². The fraction of sp³-hybridized carbons (Fsp3) is 0.400. The van der Waals surface area contributed by atoms with Crippen molar-refractivity contribution in [2.45, 2.75) is 34.2 Å². The van der Waals surface area contributed by atoms with Crippen LogP contribution >= 0.6 is 0 Å². The first kappa shape index (κ1) is 21.0. The van der Waals surface area contributed by atoms with Gasteiger partial charge < -0.3 is 10.3 Å². The summed E-state index contributed by atoms with van der Waals surface area (Å²) in [5.41, 5.74) is 6.45. The van der Waals surface area contributed by atoms with E-state index in [1.807, 2.05) is 26.0 Å². The van der Waals surface area contributed by atoms with Gasteiger partial charge in [-0.2, -0.15) is 5.26 Å². The molecule has 0 saturated heterocycles. The lowest BCUT2D eigenvalue weighted by Crippen LogP contribution is -2.41. The van der Waals surface area contributed by atoms with Gasteiger partial charge in [0, 0.05) is 32.0 Å². The first-order chi connectivity index (χ1) is 13.0. The van der Waals surface area contributed by atoms with Crippen molar-refractivity contribution < 1.29 is 4.79 Å². The zero-order chi connectivity index (χ0) is 21.3. The lowest BCUT2D eigenvalue weighted by molar-refractivity contribution is 0.103. The fourth-order valence-electron chi connectivity index (χ4n) is 3.13. The standard InChI is InChI=1S/C20H25N5O3/c1-11(2)10-25-12(3)7-14(13(25)4)8-15(9-21)17(26)16-18(22)23(5)20(28)24(6)19(16)27/h7-8,11H,10,22H2,1-6H3/b15-8+. The van der Waals surface area contributed by atoms with Gasteiger partial charge in [0.15, 0.2) is 0 Å². The summed E-state index contributed by atoms with van der Waals surface area (Å²) in [6.45, 7) is 8.91. The smallest absolute Gasteiger partial charge is 0.332 e. The van der Waals surface area contributed by atoms with Gasteiger partial charge in [-0.15, -0.1) is 0 Å². The lowest BCUT2D eigenvalue weighted by Gasteiger charge is -2.12. The van der Waals surface area contributed by atoms with Crippen molar-refractivity contribution in [3.63, 3.8) is 0 Å². The Morgan fingerprint density at radius 3 is 2.39 bits per heavy atom. The van der Waals surface area contributed by atoms with Crippen molar-refractivity contribution in [1.29, 1.82) is 5.26 Å². The summed E-state index contributed by atoms with van der Waals surface area (Å²) in [4.78, 5) is 37.3. The summed E-state index contributed by atoms with van der Waals surface area (Å²) in [7, 11) is 2.62. The van der Waals surface area contributed by atoms with E-state index in [0.29, 0.717) is 5.92 Å². The first-order valence-electron chi connectivity index (χ1n) is 8.89. The summed E-state index contributed by atoms with van der Waals surface area (Å²) in [5.74, 6) is -0.624. The molecule has 2 aromatic heterocycles. The van der Waals surface area contributed by atoms with Crippen molar-refractivity contribution in [3.8, 4) is 6.07 Å². The van der Waals surface area contributed by atoms with E-state index in [2.05, 4.69) is 18.4 Å². The van der Waals surface area contributed by atoms with Crippen LogP contribution in [0.5, 0.6) is 0 Å². The van der Waals surface area contributed by atoms with Crippen molar-refractivity contribution in [3.05, 3.63) is 55.0 Å². The molecule has 0 aliphatic rings. The maximum Gasteiger partial charge on any atom is 0.332 e. The average molecular weight is 383 g/mol. The minimum Gasteiger partial charge on any atom is -0.384 e. The summed E-state index contributed by atoms with van der Waals surface area (Å²) < 4.78 is 3.93. The molecule has 2 aromatic rings. The number of nitriles is 1. The van der Waals surface area contributed by atoms with Gasteiger partial charge in [0.1, 0.15) is 23.0 Å². The van der Waals surface area contributed by atoms with Gasteiger partial charge in [-0.3, -0.25) is 18.7 Å². The quantitative estimate of drug-likeness (QED) is 0.477. The molecular formula is C20H25N5O3. The van der Waals surface area contributed by atoms with Crippen LogP contribution in [-0.4, -0.2) is 19.5 Å². The molecule has 0 aliphatic heterocycles. The van der Waals surface area contributed by atoms with Crippen LogP contribution in [0, 0.1) is 31.1 Å². The fourth-order valence-corrected chi connectivity index (χ4v) is 3.13. The van der Waals surface area contributed by atoms with E-state index >= 15 is 0 Å². The van der Waals surface area contributed by atoms with E-state index in [9.17, 15) is 19.6 Å². The molecule has 148 valence electrons. The Morgan fingerprint density at radius 1 is 1.25 bits per heavy atom. The van der Waals surface area contributed by atoms with Gasteiger partial charge in [0.25, 0.3) is 5.56 Å². The molecule has 8 heteroatoms. The molecule has 0 amide bonds. The number of aromatic nitrogens is 3. The molecule has 0 fully saturated rings. The lowest BCUT2D eigenvalue weighted by atomic mass is 10.0. The van der Waals surface area contributed by atoms with Crippen LogP contribution < -0.4 is 17.0 Å². The van der Waals surface area contributed by atoms with Gasteiger partial charge in [-0.25, -0.2) is 4.79 Å². The molecule has 0 atom stereocenters. The number of nitrogens with two attached hydrogens (primary N) is 1. The number of rotatable bonds is 5. The van der Waals surface area contributed by atoms with E-state index in [-0.39, 0.29) is 17.0 Å². The number of nitrogens with zero attached hydrogens (tertiary/aromatic N) is 4. The molecule has 8 nitrogen and oxygen atoms in total. The Balaban J connectivity index is 2.63. The molecule has 2 rings (SSSR count). The second-order valence-corrected chi connectivity index (χ2v) is 7.30. The molecule has 0 aromatic carbocycles. The predicted molar refractivity (Wildman–Crippen MR) is 108 cm³/mol. The SMILES string of the molecule is Cc1cc(/C=C(\C#N)C(=O)c2c(N)n(C)c(=O)n(C)c2=O)c(C)n1CC(C)C. The van der Waals surface area contributed by atoms with Crippen LogP contribution in [0.15, 0.2) is 21.2 Å². The van der Waals surface area contributed by atoms with Crippen LogP contribution in [0.1, 0.15) is 41.2 Å². The number of carbonyl (C=O) groups is 1. The third-order valence-electron chi connectivity index (χ3n) is 4.76. The number of aryl methyl sites for hydroxylation is 1. The number of hydrogen-bond acceptors (Lipinski definition) is 5. The minimum absolute atomic E-state index is 0.216. The van der Waals surface area contributed by atoms with Gasteiger partial charge in [0.2, 0.25) is 5.78 Å². The van der Waals surface area contributed by atoms with Gasteiger partial charge in [0.05, 0.1) is 0 Å². The number of anilines is 1. The van der Waals surface area contributed by atoms with Gasteiger partial charge >= 0.3 is 5.69 Å². The molecule has 0 spiro atoms. The number of nitrogen functional groups attached to an aromatic ring is 1. The van der Waals surface area contributed by atoms with E-state index in [1.165, 1.54) is 20.2 Å². The highest BCUT2D eigenvalue weighted by atomic mass is 16.2. The Hall–Kier alpha value is -3.34. The molecular weight excluding hydrogens is 358 g/mol. The Bertz CT molecular complexity index is 1140. The molecule has 2 N–H and O–H groups in total. The number of allylic oxidation sites excluding steroid dienone is 1. The maximum absolute atomic E-state index is 12.9. The average Bonchev–Trinajstić information content (AvgIpc) is 2.89. The Kier molecular flexibility index (Phi) is 5.78. The molecule has 0 saturated carbocycles. The second-order valence-electron chi connectivity index (χ2n) is 7.30. The third kappa shape index (κ3) is 3.56. The summed E-state index contributed by atoms with van der Waals surface area (Å²) in [6, 6.07) is 3.76. The van der Waals surface area contributed by atoms with Crippen LogP contribution in [0.3, 0.4) is 0 Å². The Morgan fingerprint density at radius 2 is 1.86 bits per heavy atom. The second kappa shape index (κ2) is 7.72.